The van der Waals surface area contributed by atoms with Crippen molar-refractivity contribution in [3.63, 3.8) is 0 Å². The molecule has 1 saturated heterocycles. The van der Waals surface area contributed by atoms with Crippen molar-refractivity contribution in [3.8, 4) is 0 Å². The van der Waals surface area contributed by atoms with Gasteiger partial charge < -0.3 is 4.74 Å². The van der Waals surface area contributed by atoms with E-state index in [1.165, 1.54) is 44.9 Å². The smallest absolute Gasteiger partial charge is 0.332 e. The number of hydrogen-bond acceptors (Lipinski definition) is 4. The Hall–Kier alpha value is 0.170. The van der Waals surface area contributed by atoms with Gasteiger partial charge in [-0.05, 0) is 37.2 Å². The van der Waals surface area contributed by atoms with Crippen LogP contribution in [0.4, 0.5) is 0 Å². The lowest BCUT2D eigenvalue weighted by atomic mass is 9.98. The largest absolute Gasteiger partial charge is 0.464 e. The molecule has 0 aromatic rings. The third kappa shape index (κ3) is 6.05. The van der Waals surface area contributed by atoms with Crippen molar-refractivity contribution >= 4 is 29.5 Å². The standard InChI is InChI=1S/C17H32O2S2/c1-4-6-7-8-9-10-12-15(3)17(16(18)19-5-2)20-13-11-14-21-17/h15H,4-14H2,1-3H3. The number of thioether (sulfide) groups is 2. The molecule has 1 rings (SSSR count). The number of carbonyl (C=O) groups excluding carboxylic acids is 1. The molecule has 0 saturated carbocycles. The van der Waals surface area contributed by atoms with Crippen molar-refractivity contribution in [1.82, 2.24) is 0 Å². The summed E-state index contributed by atoms with van der Waals surface area (Å²) in [4.78, 5) is 12.5. The highest BCUT2D eigenvalue weighted by molar-refractivity contribution is 8.19. The zero-order chi connectivity index (χ0) is 15.6. The number of ether oxygens (including phenoxy) is 1. The third-order valence-corrected chi connectivity index (χ3v) is 7.81. The van der Waals surface area contributed by atoms with Gasteiger partial charge in [-0.25, -0.2) is 4.79 Å². The molecule has 1 fully saturated rings. The van der Waals surface area contributed by atoms with E-state index in [1.807, 2.05) is 30.4 Å². The van der Waals surface area contributed by atoms with Gasteiger partial charge in [0.1, 0.15) is 0 Å². The Kier molecular flexibility index (Phi) is 9.90. The van der Waals surface area contributed by atoms with E-state index in [0.29, 0.717) is 12.5 Å². The van der Waals surface area contributed by atoms with Crippen LogP contribution in [0.5, 0.6) is 0 Å². The molecule has 0 aliphatic carbocycles. The first kappa shape index (κ1) is 19.2. The average molecular weight is 333 g/mol. The van der Waals surface area contributed by atoms with Gasteiger partial charge in [0.15, 0.2) is 4.08 Å². The number of hydrogen-bond donors (Lipinski definition) is 0. The highest BCUT2D eigenvalue weighted by atomic mass is 32.2. The molecule has 1 aliphatic rings. The molecule has 4 heteroatoms. The molecule has 0 aromatic heterocycles. The molecule has 0 radical (unpaired) electrons. The van der Waals surface area contributed by atoms with Crippen molar-refractivity contribution in [1.29, 1.82) is 0 Å². The van der Waals surface area contributed by atoms with Gasteiger partial charge in [0.05, 0.1) is 6.61 Å². The number of esters is 1. The van der Waals surface area contributed by atoms with Crippen molar-refractivity contribution in [2.75, 3.05) is 18.1 Å². The Balaban J connectivity index is 2.44. The molecule has 0 N–H and O–H groups in total. The van der Waals surface area contributed by atoms with E-state index in [4.69, 9.17) is 4.74 Å². The highest BCUT2D eigenvalue weighted by Crippen LogP contribution is 2.49. The first-order valence-electron chi connectivity index (χ1n) is 8.62. The quantitative estimate of drug-likeness (QED) is 0.389. The van der Waals surface area contributed by atoms with Crippen LogP contribution in [-0.2, 0) is 9.53 Å². The summed E-state index contributed by atoms with van der Waals surface area (Å²) in [5.41, 5.74) is 0. The maximum absolute atomic E-state index is 12.5. The fourth-order valence-corrected chi connectivity index (χ4v) is 6.16. The molecule has 1 aliphatic heterocycles. The Morgan fingerprint density at radius 3 is 2.33 bits per heavy atom. The van der Waals surface area contributed by atoms with Gasteiger partial charge >= 0.3 is 5.97 Å². The van der Waals surface area contributed by atoms with Crippen LogP contribution >= 0.6 is 23.5 Å². The summed E-state index contributed by atoms with van der Waals surface area (Å²) in [5, 5.41) is 0. The Bertz CT molecular complexity index is 289. The fraction of sp³-hybridized carbons (Fsp3) is 0.941. The lowest BCUT2D eigenvalue weighted by Gasteiger charge is -2.38. The molecule has 1 unspecified atom stereocenters. The van der Waals surface area contributed by atoms with E-state index in [2.05, 4.69) is 13.8 Å². The molecule has 0 bridgehead atoms. The minimum absolute atomic E-state index is 0.0122. The molecule has 0 spiro atoms. The minimum atomic E-state index is -0.336. The van der Waals surface area contributed by atoms with Crippen LogP contribution in [0.1, 0.15) is 72.1 Å². The molecule has 21 heavy (non-hydrogen) atoms. The molecule has 2 nitrogen and oxygen atoms in total. The van der Waals surface area contributed by atoms with Gasteiger partial charge in [0.2, 0.25) is 0 Å². The number of rotatable bonds is 10. The predicted molar refractivity (Wildman–Crippen MR) is 96.1 cm³/mol. The molecular weight excluding hydrogens is 300 g/mol. The molecule has 0 aromatic carbocycles. The predicted octanol–water partition coefficient (Wildman–Crippen LogP) is 5.50. The van der Waals surface area contributed by atoms with Gasteiger partial charge in [-0.15, -0.1) is 23.5 Å². The summed E-state index contributed by atoms with van der Waals surface area (Å²) in [6.45, 7) is 6.89. The zero-order valence-corrected chi connectivity index (χ0v) is 15.6. The van der Waals surface area contributed by atoms with Gasteiger partial charge in [-0.2, -0.15) is 0 Å². The SMILES string of the molecule is CCCCCCCCC(C)C1(C(=O)OCC)SCCCS1. The normalized spacial score (nSPS) is 19.2. The van der Waals surface area contributed by atoms with Crippen molar-refractivity contribution in [2.24, 2.45) is 5.92 Å². The minimum Gasteiger partial charge on any atom is -0.464 e. The Labute approximate surface area is 139 Å². The van der Waals surface area contributed by atoms with Crippen LogP contribution < -0.4 is 0 Å². The summed E-state index contributed by atoms with van der Waals surface area (Å²) in [6.07, 6.45) is 10.3. The van der Waals surface area contributed by atoms with Gasteiger partial charge in [0.25, 0.3) is 0 Å². The van der Waals surface area contributed by atoms with Crippen molar-refractivity contribution in [3.05, 3.63) is 0 Å². The first-order valence-corrected chi connectivity index (χ1v) is 10.6. The average Bonchev–Trinajstić information content (AvgIpc) is 2.51. The summed E-state index contributed by atoms with van der Waals surface area (Å²) < 4.78 is 5.05. The number of carbonyl (C=O) groups is 1. The molecule has 124 valence electrons. The summed E-state index contributed by atoms with van der Waals surface area (Å²) in [6, 6.07) is 0. The maximum Gasteiger partial charge on any atom is 0.332 e. The van der Waals surface area contributed by atoms with E-state index in [1.54, 1.807) is 0 Å². The van der Waals surface area contributed by atoms with E-state index < -0.39 is 0 Å². The van der Waals surface area contributed by atoms with E-state index >= 15 is 0 Å². The fourth-order valence-electron chi connectivity index (χ4n) is 2.80. The topological polar surface area (TPSA) is 26.3 Å². The monoisotopic (exact) mass is 332 g/mol. The van der Waals surface area contributed by atoms with Crippen LogP contribution in [0.15, 0.2) is 0 Å². The molecule has 1 heterocycles. The lowest BCUT2D eigenvalue weighted by molar-refractivity contribution is -0.144. The zero-order valence-electron chi connectivity index (χ0n) is 14.0. The summed E-state index contributed by atoms with van der Waals surface area (Å²) in [7, 11) is 0. The van der Waals surface area contributed by atoms with Crippen LogP contribution in [0, 0.1) is 5.92 Å². The first-order chi connectivity index (χ1) is 10.2. The van der Waals surface area contributed by atoms with Gasteiger partial charge in [-0.3, -0.25) is 0 Å². The molecular formula is C17H32O2S2. The van der Waals surface area contributed by atoms with Crippen LogP contribution in [0.3, 0.4) is 0 Å². The third-order valence-electron chi connectivity index (χ3n) is 4.12. The second kappa shape index (κ2) is 10.8. The lowest BCUT2D eigenvalue weighted by Crippen LogP contribution is -2.42. The molecule has 1 atom stereocenters. The van der Waals surface area contributed by atoms with E-state index in [9.17, 15) is 4.79 Å². The summed E-state index contributed by atoms with van der Waals surface area (Å²) >= 11 is 3.65. The second-order valence-corrected chi connectivity index (χ2v) is 8.84. The van der Waals surface area contributed by atoms with Crippen LogP contribution in [0.25, 0.3) is 0 Å². The van der Waals surface area contributed by atoms with E-state index in [0.717, 1.165) is 17.9 Å². The van der Waals surface area contributed by atoms with Crippen LogP contribution in [0.2, 0.25) is 0 Å². The maximum atomic E-state index is 12.5. The Morgan fingerprint density at radius 2 is 1.71 bits per heavy atom. The highest BCUT2D eigenvalue weighted by Gasteiger charge is 2.47. The van der Waals surface area contributed by atoms with Crippen molar-refractivity contribution in [2.45, 2.75) is 76.2 Å². The summed E-state index contributed by atoms with van der Waals surface area (Å²) in [5.74, 6) is 2.59. The van der Waals surface area contributed by atoms with Crippen molar-refractivity contribution < 1.29 is 9.53 Å². The van der Waals surface area contributed by atoms with Gasteiger partial charge in [-0.1, -0.05) is 52.4 Å². The van der Waals surface area contributed by atoms with E-state index in [-0.39, 0.29) is 10.0 Å². The van der Waals surface area contributed by atoms with Gasteiger partial charge in [0, 0.05) is 0 Å². The second-order valence-electron chi connectivity index (χ2n) is 5.90. The van der Waals surface area contributed by atoms with Crippen LogP contribution in [-0.4, -0.2) is 28.2 Å². The molecule has 0 amide bonds. The Morgan fingerprint density at radius 1 is 1.10 bits per heavy atom. The number of unbranched alkanes of at least 4 members (excludes halogenated alkanes) is 5.